The van der Waals surface area contributed by atoms with E-state index in [1.807, 2.05) is 0 Å². The monoisotopic (exact) mass is 264 g/mol. The second-order valence-electron chi connectivity index (χ2n) is 8.41. The first-order valence-electron chi connectivity index (χ1n) is 8.42. The molecule has 3 fully saturated rings. The zero-order chi connectivity index (χ0) is 13.6. The highest BCUT2D eigenvalue weighted by Gasteiger charge is 2.46. The van der Waals surface area contributed by atoms with Gasteiger partial charge in [0.2, 0.25) is 0 Å². The normalized spacial score (nSPS) is 42.2. The van der Waals surface area contributed by atoms with E-state index in [0.717, 1.165) is 23.8 Å². The highest BCUT2D eigenvalue weighted by molar-refractivity contribution is 5.00. The molecule has 0 saturated heterocycles. The van der Waals surface area contributed by atoms with E-state index >= 15 is 0 Å². The maximum atomic E-state index is 6.46. The molecule has 3 rings (SSSR count). The maximum Gasteiger partial charge on any atom is 0.0111 e. The third kappa shape index (κ3) is 2.71. The Kier molecular flexibility index (Phi) is 3.68. The molecule has 2 bridgehead atoms. The molecular weight excluding hydrogens is 232 g/mol. The standard InChI is InChI=1S/C17H32N2/c1-17(2)8-6-14(7-9-17)19(3)11-15-12-4-5-13(10-12)16(15)18/h12-16H,4-11,18H2,1-3H3. The van der Waals surface area contributed by atoms with Gasteiger partial charge in [-0.3, -0.25) is 0 Å². The van der Waals surface area contributed by atoms with Crippen molar-refractivity contribution in [2.24, 2.45) is 28.9 Å². The Morgan fingerprint density at radius 3 is 2.26 bits per heavy atom. The molecular formula is C17H32N2. The van der Waals surface area contributed by atoms with Crippen molar-refractivity contribution in [1.29, 1.82) is 0 Å². The van der Waals surface area contributed by atoms with Crippen molar-refractivity contribution in [3.8, 4) is 0 Å². The van der Waals surface area contributed by atoms with Crippen LogP contribution in [0.25, 0.3) is 0 Å². The summed E-state index contributed by atoms with van der Waals surface area (Å²) in [5.74, 6) is 2.59. The molecule has 2 heteroatoms. The molecule has 0 amide bonds. The van der Waals surface area contributed by atoms with Gasteiger partial charge in [0.15, 0.2) is 0 Å². The van der Waals surface area contributed by atoms with Gasteiger partial charge in [0, 0.05) is 18.6 Å². The van der Waals surface area contributed by atoms with Crippen molar-refractivity contribution in [1.82, 2.24) is 4.90 Å². The second kappa shape index (κ2) is 5.04. The number of nitrogens with two attached hydrogens (primary N) is 1. The van der Waals surface area contributed by atoms with Gasteiger partial charge in [-0.05, 0) is 75.2 Å². The largest absolute Gasteiger partial charge is 0.327 e. The van der Waals surface area contributed by atoms with Crippen molar-refractivity contribution >= 4 is 0 Å². The summed E-state index contributed by atoms with van der Waals surface area (Å²) in [7, 11) is 2.35. The van der Waals surface area contributed by atoms with E-state index in [-0.39, 0.29) is 0 Å². The van der Waals surface area contributed by atoms with Gasteiger partial charge in [-0.25, -0.2) is 0 Å². The van der Waals surface area contributed by atoms with Crippen LogP contribution in [0, 0.1) is 23.2 Å². The highest BCUT2D eigenvalue weighted by Crippen LogP contribution is 2.48. The summed E-state index contributed by atoms with van der Waals surface area (Å²) in [6.45, 7) is 6.11. The number of hydrogen-bond acceptors (Lipinski definition) is 2. The summed E-state index contributed by atoms with van der Waals surface area (Å²) in [5.41, 5.74) is 7.04. The zero-order valence-corrected chi connectivity index (χ0v) is 13.1. The van der Waals surface area contributed by atoms with Crippen molar-refractivity contribution in [2.75, 3.05) is 13.6 Å². The SMILES string of the molecule is CN(CC1C2CCC(C2)C1N)C1CCC(C)(C)CC1. The summed E-state index contributed by atoms with van der Waals surface area (Å²) >= 11 is 0. The lowest BCUT2D eigenvalue weighted by molar-refractivity contribution is 0.0987. The highest BCUT2D eigenvalue weighted by atomic mass is 15.1. The first kappa shape index (κ1) is 13.9. The fourth-order valence-electron chi connectivity index (χ4n) is 5.03. The Labute approximate surface area is 119 Å². The maximum absolute atomic E-state index is 6.46. The van der Waals surface area contributed by atoms with Gasteiger partial charge in [-0.2, -0.15) is 0 Å². The third-order valence-corrected chi connectivity index (χ3v) is 6.59. The van der Waals surface area contributed by atoms with Gasteiger partial charge < -0.3 is 10.6 Å². The lowest BCUT2D eigenvalue weighted by Gasteiger charge is -2.41. The average Bonchev–Trinajstić information content (AvgIpc) is 2.93. The van der Waals surface area contributed by atoms with Crippen molar-refractivity contribution < 1.29 is 0 Å². The van der Waals surface area contributed by atoms with Crippen molar-refractivity contribution in [3.05, 3.63) is 0 Å². The molecule has 0 aromatic heterocycles. The number of rotatable bonds is 3. The van der Waals surface area contributed by atoms with Crippen molar-refractivity contribution in [2.45, 2.75) is 70.9 Å². The average molecular weight is 264 g/mol. The molecule has 3 saturated carbocycles. The van der Waals surface area contributed by atoms with E-state index in [1.54, 1.807) is 0 Å². The first-order valence-corrected chi connectivity index (χ1v) is 8.42. The van der Waals surface area contributed by atoms with Gasteiger partial charge in [-0.15, -0.1) is 0 Å². The fourth-order valence-corrected chi connectivity index (χ4v) is 5.03. The predicted molar refractivity (Wildman–Crippen MR) is 81.0 cm³/mol. The molecule has 0 spiro atoms. The summed E-state index contributed by atoms with van der Waals surface area (Å²) in [6.07, 6.45) is 9.85. The molecule has 0 aromatic rings. The van der Waals surface area contributed by atoms with E-state index in [0.29, 0.717) is 11.5 Å². The van der Waals surface area contributed by atoms with Crippen LogP contribution in [0.15, 0.2) is 0 Å². The molecule has 19 heavy (non-hydrogen) atoms. The molecule has 0 aliphatic heterocycles. The van der Waals surface area contributed by atoms with Gasteiger partial charge >= 0.3 is 0 Å². The van der Waals surface area contributed by atoms with Crippen LogP contribution in [-0.2, 0) is 0 Å². The molecule has 3 aliphatic carbocycles. The van der Waals surface area contributed by atoms with Gasteiger partial charge in [-0.1, -0.05) is 13.8 Å². The molecule has 0 radical (unpaired) electrons. The summed E-state index contributed by atoms with van der Waals surface area (Å²) in [4.78, 5) is 2.65. The summed E-state index contributed by atoms with van der Waals surface area (Å²) in [5, 5.41) is 0. The summed E-state index contributed by atoms with van der Waals surface area (Å²) in [6, 6.07) is 1.32. The molecule has 2 N–H and O–H groups in total. The molecule has 2 nitrogen and oxygen atoms in total. The molecule has 4 unspecified atom stereocenters. The number of hydrogen-bond donors (Lipinski definition) is 1. The van der Waals surface area contributed by atoms with Crippen LogP contribution in [0.5, 0.6) is 0 Å². The predicted octanol–water partition coefficient (Wildman–Crippen LogP) is 3.26. The van der Waals surface area contributed by atoms with E-state index in [1.165, 1.54) is 51.5 Å². The van der Waals surface area contributed by atoms with E-state index in [4.69, 9.17) is 5.73 Å². The zero-order valence-electron chi connectivity index (χ0n) is 13.1. The van der Waals surface area contributed by atoms with Crippen LogP contribution >= 0.6 is 0 Å². The Balaban J connectivity index is 1.53. The first-order chi connectivity index (χ1) is 8.96. The molecule has 4 atom stereocenters. The Morgan fingerprint density at radius 1 is 1.05 bits per heavy atom. The Hall–Kier alpha value is -0.0800. The van der Waals surface area contributed by atoms with E-state index in [2.05, 4.69) is 25.8 Å². The number of fused-ring (bicyclic) bond motifs is 2. The molecule has 0 aromatic carbocycles. The van der Waals surface area contributed by atoms with Crippen LogP contribution in [0.1, 0.15) is 58.8 Å². The van der Waals surface area contributed by atoms with Crippen LogP contribution < -0.4 is 5.73 Å². The van der Waals surface area contributed by atoms with E-state index < -0.39 is 0 Å². The fraction of sp³-hybridized carbons (Fsp3) is 1.00. The smallest absolute Gasteiger partial charge is 0.0111 e. The van der Waals surface area contributed by atoms with Gasteiger partial charge in [0.05, 0.1) is 0 Å². The van der Waals surface area contributed by atoms with Gasteiger partial charge in [0.25, 0.3) is 0 Å². The second-order valence-corrected chi connectivity index (χ2v) is 8.41. The van der Waals surface area contributed by atoms with Crippen LogP contribution in [0.2, 0.25) is 0 Å². The minimum atomic E-state index is 0.501. The molecule has 0 heterocycles. The third-order valence-electron chi connectivity index (χ3n) is 6.59. The Morgan fingerprint density at radius 2 is 1.68 bits per heavy atom. The minimum Gasteiger partial charge on any atom is -0.327 e. The van der Waals surface area contributed by atoms with E-state index in [9.17, 15) is 0 Å². The Bertz CT molecular complexity index is 313. The quantitative estimate of drug-likeness (QED) is 0.848. The van der Waals surface area contributed by atoms with Crippen LogP contribution in [0.3, 0.4) is 0 Å². The minimum absolute atomic E-state index is 0.501. The summed E-state index contributed by atoms with van der Waals surface area (Å²) < 4.78 is 0. The topological polar surface area (TPSA) is 29.3 Å². The lowest BCUT2D eigenvalue weighted by Crippen LogP contribution is -2.46. The van der Waals surface area contributed by atoms with Crippen LogP contribution in [0.4, 0.5) is 0 Å². The number of nitrogens with zero attached hydrogens (tertiary/aromatic N) is 1. The molecule has 110 valence electrons. The van der Waals surface area contributed by atoms with Gasteiger partial charge in [0.1, 0.15) is 0 Å². The van der Waals surface area contributed by atoms with Crippen molar-refractivity contribution in [3.63, 3.8) is 0 Å². The molecule has 3 aliphatic rings. The van der Waals surface area contributed by atoms with Crippen LogP contribution in [-0.4, -0.2) is 30.6 Å². The lowest BCUT2D eigenvalue weighted by atomic mass is 9.75.